The molecule has 27 heavy (non-hydrogen) atoms. The molecule has 0 atom stereocenters. The van der Waals surface area contributed by atoms with Gasteiger partial charge in [0.05, 0.1) is 0 Å². The van der Waals surface area contributed by atoms with Crippen molar-refractivity contribution in [3.63, 3.8) is 0 Å². The molecule has 5 aromatic carbocycles. The Labute approximate surface area is 157 Å². The number of carbonyl (C=O) groups excluding carboxylic acids is 1. The summed E-state index contributed by atoms with van der Waals surface area (Å²) in [5.74, 6) is 0.217. The second-order valence-electron chi connectivity index (χ2n) is 7.73. The van der Waals surface area contributed by atoms with Crippen molar-refractivity contribution in [3.05, 3.63) is 83.4 Å². The molecule has 0 N–H and O–H groups in total. The molecule has 0 saturated heterocycles. The highest BCUT2D eigenvalue weighted by molar-refractivity contribution is 6.29. The number of hydrogen-bond acceptors (Lipinski definition) is 1. The lowest BCUT2D eigenvalue weighted by Crippen LogP contribution is -2.00. The van der Waals surface area contributed by atoms with E-state index < -0.39 is 0 Å². The molecular weight excluding hydrogens is 328 g/mol. The van der Waals surface area contributed by atoms with Crippen molar-refractivity contribution in [2.75, 3.05) is 0 Å². The SMILES string of the molecule is CC(=O)Cc1ccc2ccc3cccc4c5c(c1c2c34)Cc1ccccc1-5. The van der Waals surface area contributed by atoms with Gasteiger partial charge >= 0.3 is 0 Å². The van der Waals surface area contributed by atoms with E-state index in [-0.39, 0.29) is 5.78 Å². The molecule has 0 heterocycles. The first-order valence-electron chi connectivity index (χ1n) is 9.51. The van der Waals surface area contributed by atoms with Crippen LogP contribution in [0.2, 0.25) is 0 Å². The van der Waals surface area contributed by atoms with Gasteiger partial charge in [-0.3, -0.25) is 4.79 Å². The molecule has 1 nitrogen and oxygen atoms in total. The van der Waals surface area contributed by atoms with Gasteiger partial charge < -0.3 is 0 Å². The van der Waals surface area contributed by atoms with Crippen molar-refractivity contribution in [1.29, 1.82) is 0 Å². The average Bonchev–Trinajstić information content (AvgIpc) is 3.06. The van der Waals surface area contributed by atoms with E-state index in [0.717, 1.165) is 12.0 Å². The number of hydrogen-bond donors (Lipinski definition) is 0. The Hall–Kier alpha value is -3.19. The van der Waals surface area contributed by atoms with Crippen molar-refractivity contribution in [2.45, 2.75) is 19.8 Å². The molecule has 5 aromatic rings. The van der Waals surface area contributed by atoms with Crippen LogP contribution in [0.5, 0.6) is 0 Å². The van der Waals surface area contributed by atoms with Gasteiger partial charge in [-0.15, -0.1) is 0 Å². The van der Waals surface area contributed by atoms with Crippen LogP contribution in [0, 0.1) is 0 Å². The van der Waals surface area contributed by atoms with Crippen LogP contribution in [0.25, 0.3) is 43.4 Å². The number of ketones is 1. The van der Waals surface area contributed by atoms with Crippen molar-refractivity contribution >= 4 is 38.1 Å². The van der Waals surface area contributed by atoms with E-state index in [1.807, 2.05) is 0 Å². The maximum absolute atomic E-state index is 12.0. The van der Waals surface area contributed by atoms with Gasteiger partial charge in [0.25, 0.3) is 0 Å². The van der Waals surface area contributed by atoms with E-state index in [4.69, 9.17) is 0 Å². The predicted octanol–water partition coefficient (Wildman–Crippen LogP) is 6.29. The second-order valence-corrected chi connectivity index (χ2v) is 7.73. The molecule has 0 saturated carbocycles. The van der Waals surface area contributed by atoms with E-state index >= 15 is 0 Å². The van der Waals surface area contributed by atoms with Crippen LogP contribution < -0.4 is 0 Å². The molecule has 0 radical (unpaired) electrons. The lowest BCUT2D eigenvalue weighted by Gasteiger charge is -2.18. The summed E-state index contributed by atoms with van der Waals surface area (Å²) in [6.07, 6.45) is 1.44. The number of fused-ring (bicyclic) bond motifs is 5. The topological polar surface area (TPSA) is 17.1 Å². The lowest BCUT2D eigenvalue weighted by atomic mass is 9.84. The third-order valence-corrected chi connectivity index (χ3v) is 6.08. The number of rotatable bonds is 2. The third-order valence-electron chi connectivity index (χ3n) is 6.08. The summed E-state index contributed by atoms with van der Waals surface area (Å²) >= 11 is 0. The monoisotopic (exact) mass is 346 g/mol. The fourth-order valence-electron chi connectivity index (χ4n) is 5.09. The Morgan fingerprint density at radius 2 is 1.59 bits per heavy atom. The zero-order valence-electron chi connectivity index (χ0n) is 15.2. The van der Waals surface area contributed by atoms with E-state index in [2.05, 4.69) is 66.7 Å². The second kappa shape index (κ2) is 5.17. The van der Waals surface area contributed by atoms with Crippen LogP contribution in [0.15, 0.2) is 66.7 Å². The highest BCUT2D eigenvalue weighted by atomic mass is 16.1. The fourth-order valence-corrected chi connectivity index (χ4v) is 5.09. The summed E-state index contributed by atoms with van der Waals surface area (Å²) in [7, 11) is 0. The highest BCUT2D eigenvalue weighted by Crippen LogP contribution is 2.49. The zero-order chi connectivity index (χ0) is 18.1. The van der Waals surface area contributed by atoms with Gasteiger partial charge in [-0.1, -0.05) is 66.7 Å². The van der Waals surface area contributed by atoms with E-state index in [1.54, 1.807) is 6.92 Å². The largest absolute Gasteiger partial charge is 0.300 e. The van der Waals surface area contributed by atoms with Gasteiger partial charge in [0, 0.05) is 6.42 Å². The van der Waals surface area contributed by atoms with E-state index in [9.17, 15) is 4.79 Å². The smallest absolute Gasteiger partial charge is 0.134 e. The first-order chi connectivity index (χ1) is 13.2. The minimum Gasteiger partial charge on any atom is -0.300 e. The number of Topliss-reactive ketones (excluding diaryl/α,β-unsaturated/α-hetero) is 1. The summed E-state index contributed by atoms with van der Waals surface area (Å²) in [5, 5.41) is 7.85. The van der Waals surface area contributed by atoms with Crippen LogP contribution in [-0.4, -0.2) is 5.78 Å². The molecule has 1 heteroatoms. The van der Waals surface area contributed by atoms with Gasteiger partial charge in [0.1, 0.15) is 5.78 Å². The van der Waals surface area contributed by atoms with Gasteiger partial charge in [-0.2, -0.15) is 0 Å². The van der Waals surface area contributed by atoms with Crippen molar-refractivity contribution in [2.24, 2.45) is 0 Å². The maximum atomic E-state index is 12.0. The Morgan fingerprint density at radius 3 is 2.44 bits per heavy atom. The number of carbonyl (C=O) groups is 1. The Morgan fingerprint density at radius 1 is 0.815 bits per heavy atom. The Bertz CT molecular complexity index is 1390. The third kappa shape index (κ3) is 1.92. The first-order valence-corrected chi connectivity index (χ1v) is 9.51. The molecule has 0 bridgehead atoms. The van der Waals surface area contributed by atoms with Gasteiger partial charge in [-0.25, -0.2) is 0 Å². The standard InChI is InChI=1S/C26H18O/c1-15(27)13-19-12-11-17-10-9-16-6-4-8-21-23(16)25(17)24(19)22-14-18-5-2-3-7-20(18)26(21)22/h2-12H,13-14H2,1H3. The molecule has 0 fully saturated rings. The predicted molar refractivity (Wildman–Crippen MR) is 113 cm³/mol. The summed E-state index contributed by atoms with van der Waals surface area (Å²) in [6, 6.07) is 24.2. The molecule has 6 rings (SSSR count). The normalized spacial score (nSPS) is 12.8. The quantitative estimate of drug-likeness (QED) is 0.337. The fraction of sp³-hybridized carbons (Fsp3) is 0.115. The summed E-state index contributed by atoms with van der Waals surface area (Å²) in [5.41, 5.74) is 6.66. The minimum absolute atomic E-state index is 0.217. The van der Waals surface area contributed by atoms with Crippen LogP contribution in [0.3, 0.4) is 0 Å². The first kappa shape index (κ1) is 14.9. The van der Waals surface area contributed by atoms with Crippen molar-refractivity contribution < 1.29 is 4.79 Å². The van der Waals surface area contributed by atoms with Crippen LogP contribution in [0.4, 0.5) is 0 Å². The van der Waals surface area contributed by atoms with Crippen LogP contribution in [-0.2, 0) is 17.6 Å². The molecule has 0 amide bonds. The summed E-state index contributed by atoms with van der Waals surface area (Å²) < 4.78 is 0. The van der Waals surface area contributed by atoms with Gasteiger partial charge in [0.2, 0.25) is 0 Å². The van der Waals surface area contributed by atoms with E-state index in [1.165, 1.54) is 54.6 Å². The highest BCUT2D eigenvalue weighted by Gasteiger charge is 2.26. The molecule has 0 unspecified atom stereocenters. The van der Waals surface area contributed by atoms with Crippen LogP contribution in [0.1, 0.15) is 23.6 Å². The summed E-state index contributed by atoms with van der Waals surface area (Å²) in [4.78, 5) is 12.0. The Kier molecular flexibility index (Phi) is 2.86. The Balaban J connectivity index is 1.91. The molecule has 1 aliphatic rings. The number of benzene rings is 5. The lowest BCUT2D eigenvalue weighted by molar-refractivity contribution is -0.116. The van der Waals surface area contributed by atoms with Gasteiger partial charge in [-0.05, 0) is 73.5 Å². The molecule has 0 aromatic heterocycles. The maximum Gasteiger partial charge on any atom is 0.134 e. The molecule has 0 aliphatic heterocycles. The van der Waals surface area contributed by atoms with Crippen molar-refractivity contribution in [1.82, 2.24) is 0 Å². The summed E-state index contributed by atoms with van der Waals surface area (Å²) in [6.45, 7) is 1.69. The molecular formula is C26H18O. The van der Waals surface area contributed by atoms with Crippen molar-refractivity contribution in [3.8, 4) is 11.1 Å². The average molecular weight is 346 g/mol. The molecule has 128 valence electrons. The zero-order valence-corrected chi connectivity index (χ0v) is 15.2. The molecule has 1 aliphatic carbocycles. The van der Waals surface area contributed by atoms with E-state index in [0.29, 0.717) is 6.42 Å². The van der Waals surface area contributed by atoms with Gasteiger partial charge in [0.15, 0.2) is 0 Å². The van der Waals surface area contributed by atoms with Crippen LogP contribution >= 0.6 is 0 Å². The molecule has 0 spiro atoms. The minimum atomic E-state index is 0.217.